The summed E-state index contributed by atoms with van der Waals surface area (Å²) in [6, 6.07) is 0. The van der Waals surface area contributed by atoms with Crippen molar-refractivity contribution in [2.45, 2.75) is 58.6 Å². The van der Waals surface area contributed by atoms with Crippen molar-refractivity contribution in [1.82, 2.24) is 0 Å². The molecule has 0 radical (unpaired) electrons. The fourth-order valence-electron chi connectivity index (χ4n) is 4.62. The maximum absolute atomic E-state index is 12.0. The lowest BCUT2D eigenvalue weighted by Gasteiger charge is -2.32. The molecular formula is C19H32O5S3. The van der Waals surface area contributed by atoms with E-state index in [-0.39, 0.29) is 17.1 Å². The van der Waals surface area contributed by atoms with E-state index in [1.165, 1.54) is 23.0 Å². The first-order valence-electron chi connectivity index (χ1n) is 9.67. The minimum atomic E-state index is -4.49. The second kappa shape index (κ2) is 8.76. The summed E-state index contributed by atoms with van der Waals surface area (Å²) in [5.41, 5.74) is -0.994. The molecule has 0 aromatic carbocycles. The number of thioether (sulfide) groups is 1. The average Bonchev–Trinajstić information content (AvgIpc) is 2.88. The third-order valence-electron chi connectivity index (χ3n) is 6.71. The Balaban J connectivity index is 0.000000199. The zero-order valence-corrected chi connectivity index (χ0v) is 19.2. The molecule has 3 atom stereocenters. The summed E-state index contributed by atoms with van der Waals surface area (Å²) in [5.74, 6) is 5.86. The van der Waals surface area contributed by atoms with Crippen molar-refractivity contribution in [2.24, 2.45) is 16.7 Å². The van der Waals surface area contributed by atoms with Crippen molar-refractivity contribution in [3.63, 3.8) is 0 Å². The lowest BCUT2D eigenvalue weighted by molar-refractivity contribution is -0.128. The lowest BCUT2D eigenvalue weighted by atomic mass is 9.70. The molecule has 0 aromatic heterocycles. The number of Topliss-reactive ketones (excluding diaryl/α,β-unsaturated/α-hetero) is 2. The topological polar surface area (TPSA) is 91.3 Å². The van der Waals surface area contributed by atoms with Crippen LogP contribution in [0.4, 0.5) is 0 Å². The van der Waals surface area contributed by atoms with E-state index < -0.39 is 20.8 Å². The molecule has 8 heteroatoms. The highest BCUT2D eigenvalue weighted by atomic mass is 32.2. The summed E-state index contributed by atoms with van der Waals surface area (Å²) in [7, 11) is -4.04. The number of hydrogen-bond donors (Lipinski definition) is 0. The smallest absolute Gasteiger partial charge is 0.181 e. The first-order valence-corrected chi connectivity index (χ1v) is 14.0. The lowest BCUT2D eigenvalue weighted by Crippen LogP contribution is -2.38. The predicted molar refractivity (Wildman–Crippen MR) is 112 cm³/mol. The molecule has 156 valence electrons. The van der Waals surface area contributed by atoms with Gasteiger partial charge in [-0.3, -0.25) is 9.59 Å². The quantitative estimate of drug-likeness (QED) is 0.486. The van der Waals surface area contributed by atoms with Crippen molar-refractivity contribution in [3.05, 3.63) is 0 Å². The summed E-state index contributed by atoms with van der Waals surface area (Å²) in [6.07, 6.45) is 3.19. The van der Waals surface area contributed by atoms with E-state index in [9.17, 15) is 22.6 Å². The van der Waals surface area contributed by atoms with Crippen molar-refractivity contribution in [3.8, 4) is 0 Å². The molecule has 27 heavy (non-hydrogen) atoms. The van der Waals surface area contributed by atoms with Crippen molar-refractivity contribution < 1.29 is 22.6 Å². The largest absolute Gasteiger partial charge is 0.747 e. The van der Waals surface area contributed by atoms with Crippen LogP contribution in [0, 0.1) is 16.7 Å². The molecule has 2 bridgehead atoms. The van der Waals surface area contributed by atoms with Crippen LogP contribution in [0.1, 0.15) is 53.4 Å². The fourth-order valence-corrected chi connectivity index (χ4v) is 10.1. The molecule has 1 heterocycles. The number of carbonyl (C=O) groups is 2. The van der Waals surface area contributed by atoms with Gasteiger partial charge in [0.2, 0.25) is 0 Å². The van der Waals surface area contributed by atoms with Gasteiger partial charge in [0.05, 0.1) is 0 Å². The Labute approximate surface area is 170 Å². The first kappa shape index (κ1) is 23.2. The molecule has 0 N–H and O–H groups in total. The molecule has 0 amide bonds. The van der Waals surface area contributed by atoms with E-state index in [1.807, 2.05) is 25.6 Å². The zero-order valence-electron chi connectivity index (χ0n) is 16.8. The molecule has 2 saturated carbocycles. The van der Waals surface area contributed by atoms with Gasteiger partial charge in [-0.05, 0) is 41.5 Å². The molecule has 0 aromatic rings. The van der Waals surface area contributed by atoms with E-state index >= 15 is 0 Å². The van der Waals surface area contributed by atoms with E-state index in [0.717, 1.165) is 18.6 Å². The number of rotatable bonds is 5. The van der Waals surface area contributed by atoms with Gasteiger partial charge in [0.15, 0.2) is 17.3 Å². The van der Waals surface area contributed by atoms with Crippen molar-refractivity contribution >= 4 is 44.3 Å². The Morgan fingerprint density at radius 2 is 1.85 bits per heavy atom. The standard InChI is InChI=1S/C10H16O4S.C9H17OS2/c1-9(2)6-4-5-10(9,3)8(11)7(6)15(12,13)14;1-2-3-9(10)8-12-6-4-11-5-7-12/h6-7H,4-5H2,1-3H3,(H,12,13,14);2-8H2,1H3/q;+1/p-1. The van der Waals surface area contributed by atoms with Crippen LogP contribution in [-0.4, -0.2) is 58.6 Å². The summed E-state index contributed by atoms with van der Waals surface area (Å²) >= 11 is 2.03. The second-order valence-electron chi connectivity index (χ2n) is 8.54. The first-order chi connectivity index (χ1) is 12.4. The fraction of sp³-hybridized carbons (Fsp3) is 0.895. The Hall–Kier alpha value is -0.0500. The van der Waals surface area contributed by atoms with E-state index in [4.69, 9.17) is 0 Å². The van der Waals surface area contributed by atoms with Crippen LogP contribution in [0.5, 0.6) is 0 Å². The van der Waals surface area contributed by atoms with E-state index in [2.05, 4.69) is 6.92 Å². The minimum absolute atomic E-state index is 0.294. The van der Waals surface area contributed by atoms with Crippen LogP contribution in [0.25, 0.3) is 0 Å². The van der Waals surface area contributed by atoms with Gasteiger partial charge in [0.1, 0.15) is 26.9 Å². The van der Waals surface area contributed by atoms with Gasteiger partial charge in [-0.25, -0.2) is 8.42 Å². The summed E-state index contributed by atoms with van der Waals surface area (Å²) in [6.45, 7) is 7.67. The van der Waals surface area contributed by atoms with Gasteiger partial charge < -0.3 is 4.55 Å². The highest BCUT2D eigenvalue weighted by molar-refractivity contribution is 8.05. The number of ketones is 2. The van der Waals surface area contributed by atoms with Crippen LogP contribution in [0.15, 0.2) is 0 Å². The van der Waals surface area contributed by atoms with Crippen LogP contribution in [0.2, 0.25) is 0 Å². The Morgan fingerprint density at radius 3 is 2.26 bits per heavy atom. The normalized spacial score (nSPS) is 32.9. The highest BCUT2D eigenvalue weighted by Crippen LogP contribution is 2.64. The number of hydrogen-bond acceptors (Lipinski definition) is 6. The molecule has 3 rings (SSSR count). The SMILES string of the molecule is CC12CCC(C(S(=O)(=O)[O-])C1=O)C2(C)C.CCCC(=O)C[S+]1CCSCC1. The molecule has 5 nitrogen and oxygen atoms in total. The summed E-state index contributed by atoms with van der Waals surface area (Å²) < 4.78 is 33.3. The average molecular weight is 437 g/mol. The van der Waals surface area contributed by atoms with Gasteiger partial charge in [0, 0.05) is 23.3 Å². The van der Waals surface area contributed by atoms with Crippen LogP contribution in [0.3, 0.4) is 0 Å². The van der Waals surface area contributed by atoms with Gasteiger partial charge in [-0.15, -0.1) is 0 Å². The van der Waals surface area contributed by atoms with Gasteiger partial charge >= 0.3 is 0 Å². The molecule has 3 unspecified atom stereocenters. The Morgan fingerprint density at radius 1 is 1.26 bits per heavy atom. The highest BCUT2D eigenvalue weighted by Gasteiger charge is 2.67. The van der Waals surface area contributed by atoms with E-state index in [1.54, 1.807) is 6.92 Å². The third kappa shape index (κ3) is 4.75. The minimum Gasteiger partial charge on any atom is -0.747 e. The number of carbonyl (C=O) groups excluding carboxylic acids is 2. The van der Waals surface area contributed by atoms with Crippen molar-refractivity contribution in [1.29, 1.82) is 0 Å². The Bertz CT molecular complexity index is 667. The maximum Gasteiger partial charge on any atom is 0.181 e. The summed E-state index contributed by atoms with van der Waals surface area (Å²) in [4.78, 5) is 23.3. The predicted octanol–water partition coefficient (Wildman–Crippen LogP) is 2.65. The molecule has 2 aliphatic carbocycles. The molecule has 1 saturated heterocycles. The van der Waals surface area contributed by atoms with Crippen LogP contribution in [-0.2, 0) is 30.6 Å². The summed E-state index contributed by atoms with van der Waals surface area (Å²) in [5, 5.41) is -1.30. The molecule has 3 fully saturated rings. The Kier molecular flexibility index (Phi) is 7.53. The molecular weight excluding hydrogens is 404 g/mol. The van der Waals surface area contributed by atoms with E-state index in [0.29, 0.717) is 29.5 Å². The van der Waals surface area contributed by atoms with Gasteiger partial charge in [-0.1, -0.05) is 27.7 Å². The van der Waals surface area contributed by atoms with Gasteiger partial charge in [-0.2, -0.15) is 11.8 Å². The monoisotopic (exact) mass is 436 g/mol. The van der Waals surface area contributed by atoms with Crippen LogP contribution < -0.4 is 0 Å². The second-order valence-corrected chi connectivity index (χ2v) is 13.6. The zero-order chi connectivity index (χ0) is 20.5. The molecule has 0 spiro atoms. The third-order valence-corrected chi connectivity index (χ3v) is 11.7. The van der Waals surface area contributed by atoms with Crippen molar-refractivity contribution in [2.75, 3.05) is 28.8 Å². The molecule has 3 aliphatic rings. The number of fused-ring (bicyclic) bond motifs is 2. The maximum atomic E-state index is 12.0. The van der Waals surface area contributed by atoms with Gasteiger partial charge in [0.25, 0.3) is 0 Å². The van der Waals surface area contributed by atoms with Crippen LogP contribution >= 0.6 is 11.8 Å². The molecule has 1 aliphatic heterocycles.